The molecule has 11 heteroatoms. The van der Waals surface area contributed by atoms with Gasteiger partial charge in [0, 0.05) is 28.9 Å². The fourth-order valence-electron chi connectivity index (χ4n) is 2.68. The highest BCUT2D eigenvalue weighted by Gasteiger charge is 2.20. The number of halogens is 1. The maximum atomic E-state index is 12.1. The molecule has 0 radical (unpaired) electrons. The van der Waals surface area contributed by atoms with E-state index in [9.17, 15) is 9.90 Å². The number of anilines is 2. The average molecular weight is 447 g/mol. The largest absolute Gasteiger partial charge is 0.492 e. The lowest BCUT2D eigenvalue weighted by molar-refractivity contribution is -0.120. The number of aliphatic hydroxyl groups is 1. The first-order chi connectivity index (χ1) is 15.9. The number of likely N-dealkylation sites (N-methyl/N-ethyl adjacent to an activating group) is 1. The van der Waals surface area contributed by atoms with Crippen LogP contribution in [-0.4, -0.2) is 50.2 Å². The zero-order valence-corrected chi connectivity index (χ0v) is 17.7. The molecule has 3 aromatic heterocycles. The average Bonchev–Trinajstić information content (AvgIpc) is 2.73. The summed E-state index contributed by atoms with van der Waals surface area (Å²) < 4.78 is 27.1. The van der Waals surface area contributed by atoms with E-state index in [1.165, 1.54) is 31.8 Å². The molecule has 0 aliphatic heterocycles. The van der Waals surface area contributed by atoms with Crippen LogP contribution in [0.5, 0.6) is 5.75 Å². The number of carbonyl (C=O) groups excluding carboxylic acids is 1. The maximum Gasteiger partial charge on any atom is 0.225 e. The van der Waals surface area contributed by atoms with Crippen LogP contribution in [0.15, 0.2) is 30.7 Å². The van der Waals surface area contributed by atoms with Gasteiger partial charge in [0.05, 0.1) is 48.7 Å². The lowest BCUT2D eigenvalue weighted by Crippen LogP contribution is -2.21. The third-order valence-electron chi connectivity index (χ3n) is 4.22. The van der Waals surface area contributed by atoms with Crippen molar-refractivity contribution >= 4 is 29.0 Å². The number of amides is 1. The van der Waals surface area contributed by atoms with Crippen LogP contribution >= 0.6 is 11.6 Å². The Hall–Kier alpha value is -3.37. The summed E-state index contributed by atoms with van der Waals surface area (Å²) in [4.78, 5) is 25.0. The molecule has 0 bridgehead atoms. The van der Waals surface area contributed by atoms with Crippen LogP contribution < -0.4 is 15.4 Å². The normalized spacial score (nSPS) is 13.0. The molecule has 0 fully saturated rings. The Kier molecular flexibility index (Phi) is 5.46. The van der Waals surface area contributed by atoms with Crippen molar-refractivity contribution in [2.24, 2.45) is 0 Å². The number of ether oxygens (including phenoxy) is 1. The molecule has 0 aromatic carbocycles. The van der Waals surface area contributed by atoms with Gasteiger partial charge in [0.15, 0.2) is 16.7 Å². The van der Waals surface area contributed by atoms with Crippen molar-refractivity contribution in [1.82, 2.24) is 30.5 Å². The van der Waals surface area contributed by atoms with Crippen molar-refractivity contribution in [2.45, 2.75) is 25.9 Å². The van der Waals surface area contributed by atoms with Gasteiger partial charge in [-0.05, 0) is 19.9 Å². The SMILES string of the molecule is [2H]C([2H])([2H])NC(=O)Cc1nnc(Cl)cc1Nc1nccc(-c2cnc(C(C)(C)O)cn2)c1OC. The number of methoxy groups -OCH3 is 1. The molecule has 0 saturated heterocycles. The van der Waals surface area contributed by atoms with E-state index in [0.717, 1.165) is 0 Å². The summed E-state index contributed by atoms with van der Waals surface area (Å²) >= 11 is 5.98. The Labute approximate surface area is 188 Å². The molecular weight excluding hydrogens is 422 g/mol. The van der Waals surface area contributed by atoms with E-state index >= 15 is 0 Å². The summed E-state index contributed by atoms with van der Waals surface area (Å²) in [6, 6.07) is 3.11. The first-order valence-corrected chi connectivity index (χ1v) is 9.43. The van der Waals surface area contributed by atoms with Crippen molar-refractivity contribution in [3.63, 3.8) is 0 Å². The van der Waals surface area contributed by atoms with Gasteiger partial charge in [-0.1, -0.05) is 11.6 Å². The number of pyridine rings is 1. The summed E-state index contributed by atoms with van der Waals surface area (Å²) in [5, 5.41) is 22.7. The standard InChI is InChI=1S/C20H22ClN7O3/c1-20(2,30)15-10-24-14(9-25-15)11-5-6-23-19(18(11)31-4)26-12-7-16(21)28-27-13(12)8-17(29)22-3/h5-7,9-10,30H,8H2,1-4H3,(H,22,29)(H,23,26,28)/i3D3. The summed E-state index contributed by atoms with van der Waals surface area (Å²) in [5.74, 6) is -0.191. The first-order valence-electron chi connectivity index (χ1n) is 10.6. The Bertz CT molecular complexity index is 1190. The highest BCUT2D eigenvalue weighted by Crippen LogP contribution is 2.36. The molecule has 3 rings (SSSR count). The van der Waals surface area contributed by atoms with Gasteiger partial charge in [0.25, 0.3) is 0 Å². The fourth-order valence-corrected chi connectivity index (χ4v) is 2.83. The van der Waals surface area contributed by atoms with Gasteiger partial charge in [-0.25, -0.2) is 4.98 Å². The lowest BCUT2D eigenvalue weighted by atomic mass is 10.1. The molecule has 1 amide bonds. The second-order valence-corrected chi connectivity index (χ2v) is 7.35. The van der Waals surface area contributed by atoms with E-state index in [1.807, 2.05) is 5.32 Å². The zero-order chi connectivity index (χ0) is 25.1. The number of rotatable bonds is 7. The molecule has 3 aromatic rings. The molecule has 0 aliphatic carbocycles. The minimum absolute atomic E-state index is 0.0469. The number of nitrogens with zero attached hydrogens (tertiary/aromatic N) is 5. The molecule has 0 saturated carbocycles. The molecule has 0 aliphatic rings. The Balaban J connectivity index is 1.95. The number of aromatic nitrogens is 5. The monoisotopic (exact) mass is 446 g/mol. The van der Waals surface area contributed by atoms with Crippen molar-refractivity contribution < 1.29 is 18.8 Å². The predicted molar refractivity (Wildman–Crippen MR) is 115 cm³/mol. The van der Waals surface area contributed by atoms with Crippen LogP contribution in [0.3, 0.4) is 0 Å². The van der Waals surface area contributed by atoms with Gasteiger partial charge in [-0.3, -0.25) is 14.8 Å². The van der Waals surface area contributed by atoms with Crippen LogP contribution in [0.4, 0.5) is 11.5 Å². The Morgan fingerprint density at radius 1 is 1.29 bits per heavy atom. The molecule has 10 nitrogen and oxygen atoms in total. The van der Waals surface area contributed by atoms with E-state index < -0.39 is 18.5 Å². The van der Waals surface area contributed by atoms with Crippen molar-refractivity contribution in [2.75, 3.05) is 19.4 Å². The molecule has 31 heavy (non-hydrogen) atoms. The summed E-state index contributed by atoms with van der Waals surface area (Å²) in [7, 11) is 1.45. The predicted octanol–water partition coefficient (Wildman–Crippen LogP) is 2.25. The topological polar surface area (TPSA) is 135 Å². The zero-order valence-electron chi connectivity index (χ0n) is 20.0. The van der Waals surface area contributed by atoms with Crippen molar-refractivity contribution in [1.29, 1.82) is 0 Å². The van der Waals surface area contributed by atoms with E-state index in [-0.39, 0.29) is 28.8 Å². The third-order valence-corrected chi connectivity index (χ3v) is 4.41. The number of carbonyl (C=O) groups is 1. The molecule has 3 heterocycles. The van der Waals surface area contributed by atoms with Gasteiger partial charge in [-0.2, -0.15) is 5.10 Å². The highest BCUT2D eigenvalue weighted by molar-refractivity contribution is 6.29. The van der Waals surface area contributed by atoms with Crippen LogP contribution in [-0.2, 0) is 16.8 Å². The summed E-state index contributed by atoms with van der Waals surface area (Å²) in [6.07, 6.45) is 4.13. The maximum absolute atomic E-state index is 12.1. The molecule has 162 valence electrons. The van der Waals surface area contributed by atoms with Crippen LogP contribution in [0.2, 0.25) is 5.15 Å². The summed E-state index contributed by atoms with van der Waals surface area (Å²) in [5.41, 5.74) is 0.723. The van der Waals surface area contributed by atoms with E-state index in [4.69, 9.17) is 20.5 Å². The second kappa shape index (κ2) is 9.19. The molecule has 3 N–H and O–H groups in total. The molecule has 0 unspecified atom stereocenters. The first kappa shape index (κ1) is 18.4. The lowest BCUT2D eigenvalue weighted by Gasteiger charge is -2.17. The Morgan fingerprint density at radius 2 is 2.10 bits per heavy atom. The van der Waals surface area contributed by atoms with Crippen LogP contribution in [0, 0.1) is 0 Å². The van der Waals surface area contributed by atoms with Gasteiger partial charge in [-0.15, -0.1) is 5.10 Å². The van der Waals surface area contributed by atoms with E-state index in [0.29, 0.717) is 22.7 Å². The minimum atomic E-state index is -2.63. The van der Waals surface area contributed by atoms with E-state index in [1.54, 1.807) is 19.9 Å². The highest BCUT2D eigenvalue weighted by atomic mass is 35.5. The van der Waals surface area contributed by atoms with Crippen molar-refractivity contribution in [3.8, 4) is 17.0 Å². The molecule has 0 spiro atoms. The molecule has 0 atom stereocenters. The smallest absolute Gasteiger partial charge is 0.225 e. The van der Waals surface area contributed by atoms with Gasteiger partial charge in [0.1, 0.15) is 5.60 Å². The van der Waals surface area contributed by atoms with Gasteiger partial charge < -0.3 is 20.5 Å². The fraction of sp³-hybridized carbons (Fsp3) is 0.300. The van der Waals surface area contributed by atoms with Gasteiger partial charge in [0.2, 0.25) is 5.91 Å². The van der Waals surface area contributed by atoms with E-state index in [2.05, 4.69) is 30.5 Å². The minimum Gasteiger partial charge on any atom is -0.492 e. The molecular formula is C20H22ClN7O3. The Morgan fingerprint density at radius 3 is 2.74 bits per heavy atom. The number of nitrogens with one attached hydrogen (secondary N) is 2. The second-order valence-electron chi connectivity index (χ2n) is 6.96. The quantitative estimate of drug-likeness (QED) is 0.499. The number of hydrogen-bond acceptors (Lipinski definition) is 9. The van der Waals surface area contributed by atoms with Crippen molar-refractivity contribution in [3.05, 3.63) is 47.3 Å². The number of hydrogen-bond donors (Lipinski definition) is 3. The summed E-state index contributed by atoms with van der Waals surface area (Å²) in [6.45, 7) is 0.580. The van der Waals surface area contributed by atoms with Crippen LogP contribution in [0.1, 0.15) is 29.3 Å². The third kappa shape index (κ3) is 5.22. The van der Waals surface area contributed by atoms with Crippen LogP contribution in [0.25, 0.3) is 11.3 Å². The van der Waals surface area contributed by atoms with Gasteiger partial charge >= 0.3 is 0 Å².